The molecule has 0 saturated carbocycles. The number of aromatic nitrogens is 2. The van der Waals surface area contributed by atoms with Crippen LogP contribution in [0.15, 0.2) is 53.3 Å². The summed E-state index contributed by atoms with van der Waals surface area (Å²) in [5.41, 5.74) is -0.172. The lowest BCUT2D eigenvalue weighted by Gasteiger charge is -2.14. The second-order valence-corrected chi connectivity index (χ2v) is 7.05. The third kappa shape index (κ3) is 5.94. The molecule has 0 aliphatic heterocycles. The van der Waals surface area contributed by atoms with Gasteiger partial charge in [0.25, 0.3) is 5.56 Å². The van der Waals surface area contributed by atoms with Crippen molar-refractivity contribution in [3.05, 3.63) is 75.7 Å². The van der Waals surface area contributed by atoms with E-state index in [2.05, 4.69) is 4.98 Å². The highest BCUT2D eigenvalue weighted by molar-refractivity contribution is 5.76. The Morgan fingerprint density at radius 2 is 1.84 bits per heavy atom. The first kappa shape index (κ1) is 23.5. The van der Waals surface area contributed by atoms with Crippen LogP contribution in [0.2, 0.25) is 0 Å². The smallest absolute Gasteiger partial charge is 0.416 e. The normalized spacial score (nSPS) is 11.6. The van der Waals surface area contributed by atoms with E-state index in [1.807, 2.05) is 37.3 Å². The van der Waals surface area contributed by atoms with Crippen LogP contribution in [-0.4, -0.2) is 35.3 Å². The molecule has 32 heavy (non-hydrogen) atoms. The molecule has 170 valence electrons. The van der Waals surface area contributed by atoms with Crippen LogP contribution in [0.25, 0.3) is 11.0 Å². The number of alkyl halides is 3. The molecule has 0 bridgehead atoms. The van der Waals surface area contributed by atoms with E-state index in [4.69, 9.17) is 9.47 Å². The lowest BCUT2D eigenvalue weighted by Crippen LogP contribution is -2.27. The first-order valence-electron chi connectivity index (χ1n) is 10.2. The van der Waals surface area contributed by atoms with Crippen LogP contribution in [0.5, 0.6) is 0 Å². The highest BCUT2D eigenvalue weighted by atomic mass is 19.4. The van der Waals surface area contributed by atoms with Gasteiger partial charge in [-0.2, -0.15) is 13.2 Å². The van der Waals surface area contributed by atoms with Crippen LogP contribution in [-0.2, 0) is 33.4 Å². The van der Waals surface area contributed by atoms with Gasteiger partial charge in [0.1, 0.15) is 12.3 Å². The summed E-state index contributed by atoms with van der Waals surface area (Å²) in [7, 11) is 0. The zero-order valence-electron chi connectivity index (χ0n) is 17.5. The van der Waals surface area contributed by atoms with Crippen molar-refractivity contribution >= 4 is 17.0 Å². The average molecular weight is 448 g/mol. The van der Waals surface area contributed by atoms with Crippen LogP contribution in [0, 0.1) is 0 Å². The SMILES string of the molecule is CCOCCOC(=O)CCc1nc2cc(C(F)(F)F)ccc2n(Cc2ccccc2)c1=O. The third-order valence-electron chi connectivity index (χ3n) is 4.79. The number of nitrogens with zero attached hydrogens (tertiary/aromatic N) is 2. The van der Waals surface area contributed by atoms with Crippen molar-refractivity contribution in [1.29, 1.82) is 0 Å². The zero-order valence-corrected chi connectivity index (χ0v) is 17.5. The van der Waals surface area contributed by atoms with Crippen molar-refractivity contribution in [1.82, 2.24) is 9.55 Å². The summed E-state index contributed by atoms with van der Waals surface area (Å²) in [6.45, 7) is 2.83. The molecule has 0 amide bonds. The van der Waals surface area contributed by atoms with Gasteiger partial charge in [-0.3, -0.25) is 9.59 Å². The fourth-order valence-corrected chi connectivity index (χ4v) is 3.21. The van der Waals surface area contributed by atoms with E-state index < -0.39 is 23.3 Å². The number of esters is 1. The summed E-state index contributed by atoms with van der Waals surface area (Å²) in [4.78, 5) is 29.2. The maximum absolute atomic E-state index is 13.2. The van der Waals surface area contributed by atoms with Gasteiger partial charge < -0.3 is 14.0 Å². The fourth-order valence-electron chi connectivity index (χ4n) is 3.21. The summed E-state index contributed by atoms with van der Waals surface area (Å²) in [6, 6.07) is 12.2. The summed E-state index contributed by atoms with van der Waals surface area (Å²) in [5, 5.41) is 0. The lowest BCUT2D eigenvalue weighted by atomic mass is 10.1. The summed E-state index contributed by atoms with van der Waals surface area (Å²) in [6.07, 6.45) is -4.71. The number of aryl methyl sites for hydroxylation is 1. The molecule has 0 aliphatic carbocycles. The van der Waals surface area contributed by atoms with Gasteiger partial charge in [-0.1, -0.05) is 30.3 Å². The molecular weight excluding hydrogens is 425 g/mol. The minimum Gasteiger partial charge on any atom is -0.463 e. The fraction of sp³-hybridized carbons (Fsp3) is 0.348. The van der Waals surface area contributed by atoms with Gasteiger partial charge in [-0.05, 0) is 30.7 Å². The second-order valence-electron chi connectivity index (χ2n) is 7.05. The Hall–Kier alpha value is -3.20. The molecule has 0 fully saturated rings. The molecule has 0 spiro atoms. The number of ether oxygens (including phenoxy) is 2. The highest BCUT2D eigenvalue weighted by Crippen LogP contribution is 2.31. The van der Waals surface area contributed by atoms with Crippen molar-refractivity contribution in [2.45, 2.75) is 32.5 Å². The Balaban J connectivity index is 1.93. The summed E-state index contributed by atoms with van der Waals surface area (Å²) >= 11 is 0. The van der Waals surface area contributed by atoms with Gasteiger partial charge in [-0.15, -0.1) is 0 Å². The number of carbonyl (C=O) groups excluding carboxylic acids is 1. The summed E-state index contributed by atoms with van der Waals surface area (Å²) < 4.78 is 51.1. The van der Waals surface area contributed by atoms with Gasteiger partial charge >= 0.3 is 12.1 Å². The maximum Gasteiger partial charge on any atom is 0.416 e. The first-order chi connectivity index (χ1) is 15.3. The highest BCUT2D eigenvalue weighted by Gasteiger charge is 2.31. The Morgan fingerprint density at radius 3 is 2.53 bits per heavy atom. The Kier molecular flexibility index (Phi) is 7.63. The van der Waals surface area contributed by atoms with Crippen LogP contribution >= 0.6 is 0 Å². The molecule has 0 radical (unpaired) electrons. The van der Waals surface area contributed by atoms with E-state index in [1.54, 1.807) is 0 Å². The quantitative estimate of drug-likeness (QED) is 0.366. The molecule has 0 atom stereocenters. The van der Waals surface area contributed by atoms with E-state index in [0.29, 0.717) is 6.61 Å². The molecular formula is C23H23F3N2O4. The number of carbonyl (C=O) groups is 1. The van der Waals surface area contributed by atoms with Crippen LogP contribution in [0.3, 0.4) is 0 Å². The van der Waals surface area contributed by atoms with E-state index >= 15 is 0 Å². The Labute approximate surface area is 182 Å². The van der Waals surface area contributed by atoms with Gasteiger partial charge in [0.2, 0.25) is 0 Å². The largest absolute Gasteiger partial charge is 0.463 e. The molecule has 3 aromatic rings. The van der Waals surface area contributed by atoms with Gasteiger partial charge in [0.05, 0.1) is 36.2 Å². The number of rotatable bonds is 9. The first-order valence-corrected chi connectivity index (χ1v) is 10.2. The predicted molar refractivity (Wildman–Crippen MR) is 112 cm³/mol. The van der Waals surface area contributed by atoms with E-state index in [1.165, 1.54) is 10.6 Å². The van der Waals surface area contributed by atoms with E-state index in [-0.39, 0.29) is 49.3 Å². The van der Waals surface area contributed by atoms with Crippen LogP contribution < -0.4 is 5.56 Å². The van der Waals surface area contributed by atoms with Crippen LogP contribution in [0.1, 0.15) is 30.2 Å². The number of benzene rings is 2. The van der Waals surface area contributed by atoms with Crippen molar-refractivity contribution in [3.8, 4) is 0 Å². The van der Waals surface area contributed by atoms with Gasteiger partial charge in [0, 0.05) is 13.0 Å². The molecule has 6 nitrogen and oxygen atoms in total. The molecule has 0 saturated heterocycles. The topological polar surface area (TPSA) is 70.4 Å². The average Bonchev–Trinajstić information content (AvgIpc) is 2.77. The number of halogens is 3. The molecule has 0 N–H and O–H groups in total. The molecule has 9 heteroatoms. The lowest BCUT2D eigenvalue weighted by molar-refractivity contribution is -0.145. The molecule has 1 aromatic heterocycles. The second kappa shape index (κ2) is 10.4. The van der Waals surface area contributed by atoms with Crippen molar-refractivity contribution in [2.75, 3.05) is 19.8 Å². The van der Waals surface area contributed by atoms with Gasteiger partial charge in [-0.25, -0.2) is 4.98 Å². The summed E-state index contributed by atoms with van der Waals surface area (Å²) in [5.74, 6) is -0.537. The number of hydrogen-bond acceptors (Lipinski definition) is 5. The molecule has 1 heterocycles. The number of fused-ring (bicyclic) bond motifs is 1. The molecule has 0 aliphatic rings. The van der Waals surface area contributed by atoms with Crippen molar-refractivity contribution < 1.29 is 27.4 Å². The Morgan fingerprint density at radius 1 is 1.09 bits per heavy atom. The standard InChI is InChI=1S/C23H23F3N2O4/c1-2-31-12-13-32-21(29)11-9-18-22(30)28(15-16-6-4-3-5-7-16)20-10-8-17(23(24,25)26)14-19(20)27-18/h3-8,10,14H,2,9,11-13,15H2,1H3. The minimum atomic E-state index is -4.54. The van der Waals surface area contributed by atoms with Crippen molar-refractivity contribution in [2.24, 2.45) is 0 Å². The van der Waals surface area contributed by atoms with Gasteiger partial charge in [0.15, 0.2) is 0 Å². The molecule has 0 unspecified atom stereocenters. The predicted octanol–water partition coefficient (Wildman–Crippen LogP) is 3.98. The monoisotopic (exact) mass is 448 g/mol. The van der Waals surface area contributed by atoms with Crippen molar-refractivity contribution in [3.63, 3.8) is 0 Å². The van der Waals surface area contributed by atoms with E-state index in [9.17, 15) is 22.8 Å². The molecule has 3 rings (SSSR count). The third-order valence-corrected chi connectivity index (χ3v) is 4.79. The van der Waals surface area contributed by atoms with E-state index in [0.717, 1.165) is 17.7 Å². The Bertz CT molecular complexity index is 1130. The number of hydrogen-bond donors (Lipinski definition) is 0. The van der Waals surface area contributed by atoms with Crippen LogP contribution in [0.4, 0.5) is 13.2 Å². The maximum atomic E-state index is 13.2. The minimum absolute atomic E-state index is 0.00881. The molecule has 2 aromatic carbocycles. The zero-order chi connectivity index (χ0) is 23.1.